The van der Waals surface area contributed by atoms with Crippen LogP contribution in [-0.4, -0.2) is 11.9 Å². The SMILES string of the molecule is O=C1C=C[C@H](OCc2ccccc2)C1. The maximum atomic E-state index is 10.9. The zero-order valence-electron chi connectivity index (χ0n) is 7.85. The van der Waals surface area contributed by atoms with Gasteiger partial charge in [0.05, 0.1) is 12.7 Å². The molecule has 0 bridgehead atoms. The van der Waals surface area contributed by atoms with Gasteiger partial charge in [-0.2, -0.15) is 0 Å². The lowest BCUT2D eigenvalue weighted by atomic mass is 10.2. The van der Waals surface area contributed by atoms with E-state index < -0.39 is 0 Å². The molecule has 0 aliphatic heterocycles. The van der Waals surface area contributed by atoms with Crippen LogP contribution >= 0.6 is 0 Å². The van der Waals surface area contributed by atoms with Gasteiger partial charge in [0.25, 0.3) is 0 Å². The summed E-state index contributed by atoms with van der Waals surface area (Å²) in [6.45, 7) is 0.573. The molecular formula is C12H12O2. The van der Waals surface area contributed by atoms with Gasteiger partial charge >= 0.3 is 0 Å². The summed E-state index contributed by atoms with van der Waals surface area (Å²) in [5.41, 5.74) is 1.14. The highest BCUT2D eigenvalue weighted by Gasteiger charge is 2.15. The summed E-state index contributed by atoms with van der Waals surface area (Å²) in [6, 6.07) is 9.96. The molecule has 72 valence electrons. The smallest absolute Gasteiger partial charge is 0.158 e. The third kappa shape index (κ3) is 2.30. The minimum Gasteiger partial charge on any atom is -0.369 e. The molecule has 1 aliphatic rings. The van der Waals surface area contributed by atoms with Crippen LogP contribution in [0.2, 0.25) is 0 Å². The van der Waals surface area contributed by atoms with E-state index in [2.05, 4.69) is 0 Å². The lowest BCUT2D eigenvalue weighted by molar-refractivity contribution is -0.115. The van der Waals surface area contributed by atoms with Crippen LogP contribution in [0.4, 0.5) is 0 Å². The Bertz CT molecular complexity index is 341. The fraction of sp³-hybridized carbons (Fsp3) is 0.250. The first kappa shape index (κ1) is 9.16. The van der Waals surface area contributed by atoms with Crippen LogP contribution in [0.15, 0.2) is 42.5 Å². The van der Waals surface area contributed by atoms with Crippen molar-refractivity contribution in [3.05, 3.63) is 48.0 Å². The van der Waals surface area contributed by atoms with Gasteiger partial charge in [-0.15, -0.1) is 0 Å². The van der Waals surface area contributed by atoms with Crippen LogP contribution in [0.25, 0.3) is 0 Å². The highest BCUT2D eigenvalue weighted by Crippen LogP contribution is 2.12. The van der Waals surface area contributed by atoms with E-state index >= 15 is 0 Å². The summed E-state index contributed by atoms with van der Waals surface area (Å²) in [4.78, 5) is 10.9. The van der Waals surface area contributed by atoms with E-state index in [1.165, 1.54) is 0 Å². The molecule has 0 spiro atoms. The Morgan fingerprint density at radius 1 is 1.29 bits per heavy atom. The van der Waals surface area contributed by atoms with Crippen LogP contribution in [0.5, 0.6) is 0 Å². The second-order valence-corrected chi connectivity index (χ2v) is 3.36. The number of benzene rings is 1. The highest BCUT2D eigenvalue weighted by atomic mass is 16.5. The fourth-order valence-electron chi connectivity index (χ4n) is 1.44. The van der Waals surface area contributed by atoms with Gasteiger partial charge in [0.15, 0.2) is 5.78 Å². The Balaban J connectivity index is 1.84. The number of rotatable bonds is 3. The predicted octanol–water partition coefficient (Wildman–Crippen LogP) is 2.10. The van der Waals surface area contributed by atoms with Crippen LogP contribution in [0, 0.1) is 0 Å². The van der Waals surface area contributed by atoms with Crippen LogP contribution < -0.4 is 0 Å². The largest absolute Gasteiger partial charge is 0.369 e. The monoisotopic (exact) mass is 188 g/mol. The second-order valence-electron chi connectivity index (χ2n) is 3.36. The van der Waals surface area contributed by atoms with E-state index in [4.69, 9.17) is 4.74 Å². The molecule has 1 atom stereocenters. The Morgan fingerprint density at radius 3 is 2.71 bits per heavy atom. The molecule has 2 heteroatoms. The first-order chi connectivity index (χ1) is 6.84. The second kappa shape index (κ2) is 4.20. The van der Waals surface area contributed by atoms with E-state index in [9.17, 15) is 4.79 Å². The van der Waals surface area contributed by atoms with E-state index in [0.29, 0.717) is 13.0 Å². The van der Waals surface area contributed by atoms with Gasteiger partial charge in [-0.3, -0.25) is 4.79 Å². The summed E-state index contributed by atoms with van der Waals surface area (Å²) < 4.78 is 5.55. The van der Waals surface area contributed by atoms with Crippen molar-refractivity contribution >= 4 is 5.78 Å². The van der Waals surface area contributed by atoms with Crippen molar-refractivity contribution in [1.82, 2.24) is 0 Å². The van der Waals surface area contributed by atoms with E-state index in [1.807, 2.05) is 36.4 Å². The molecule has 0 unspecified atom stereocenters. The Hall–Kier alpha value is -1.41. The van der Waals surface area contributed by atoms with Gasteiger partial charge in [0.2, 0.25) is 0 Å². The summed E-state index contributed by atoms with van der Waals surface area (Å²) >= 11 is 0. The topological polar surface area (TPSA) is 26.3 Å². The molecule has 0 N–H and O–H groups in total. The van der Waals surface area contributed by atoms with Crippen molar-refractivity contribution in [2.24, 2.45) is 0 Å². The normalized spacial score (nSPS) is 20.3. The highest BCUT2D eigenvalue weighted by molar-refractivity contribution is 5.92. The van der Waals surface area contributed by atoms with Gasteiger partial charge < -0.3 is 4.74 Å². The molecule has 1 aliphatic carbocycles. The van der Waals surface area contributed by atoms with Gasteiger partial charge in [-0.05, 0) is 11.6 Å². The van der Waals surface area contributed by atoms with E-state index in [-0.39, 0.29) is 11.9 Å². The van der Waals surface area contributed by atoms with Gasteiger partial charge in [-0.25, -0.2) is 0 Å². The van der Waals surface area contributed by atoms with Crippen molar-refractivity contribution in [2.75, 3.05) is 0 Å². The van der Waals surface area contributed by atoms with E-state index in [1.54, 1.807) is 6.08 Å². The zero-order chi connectivity index (χ0) is 9.80. The molecular weight excluding hydrogens is 176 g/mol. The first-order valence-electron chi connectivity index (χ1n) is 4.71. The first-order valence-corrected chi connectivity index (χ1v) is 4.71. The number of ketones is 1. The number of hydrogen-bond donors (Lipinski definition) is 0. The molecule has 0 saturated carbocycles. The Labute approximate surface area is 83.2 Å². The van der Waals surface area contributed by atoms with Crippen LogP contribution in [0.3, 0.4) is 0 Å². The Morgan fingerprint density at radius 2 is 2.07 bits per heavy atom. The Kier molecular flexibility index (Phi) is 2.75. The number of hydrogen-bond acceptors (Lipinski definition) is 2. The minimum absolute atomic E-state index is 0.0253. The van der Waals surface area contributed by atoms with Crippen molar-refractivity contribution < 1.29 is 9.53 Å². The summed E-state index contributed by atoms with van der Waals surface area (Å²) in [6.07, 6.45) is 3.89. The van der Waals surface area contributed by atoms with Crippen LogP contribution in [0.1, 0.15) is 12.0 Å². The zero-order valence-corrected chi connectivity index (χ0v) is 7.85. The summed E-state index contributed by atoms with van der Waals surface area (Å²) in [7, 11) is 0. The molecule has 0 aromatic heterocycles. The molecule has 2 rings (SSSR count). The molecule has 1 aromatic rings. The summed E-state index contributed by atoms with van der Waals surface area (Å²) in [5, 5.41) is 0. The molecule has 0 fully saturated rings. The molecule has 0 saturated heterocycles. The molecule has 2 nitrogen and oxygen atoms in total. The van der Waals surface area contributed by atoms with E-state index in [0.717, 1.165) is 5.56 Å². The molecule has 0 heterocycles. The van der Waals surface area contributed by atoms with Gasteiger partial charge in [0, 0.05) is 6.42 Å². The number of carbonyl (C=O) groups is 1. The molecule has 1 aromatic carbocycles. The van der Waals surface area contributed by atoms with Crippen molar-refractivity contribution in [2.45, 2.75) is 19.1 Å². The summed E-state index contributed by atoms with van der Waals surface area (Å²) in [5.74, 6) is 0.156. The molecule has 14 heavy (non-hydrogen) atoms. The third-order valence-electron chi connectivity index (χ3n) is 2.21. The number of allylic oxidation sites excluding steroid dienone is 1. The predicted molar refractivity (Wildman–Crippen MR) is 53.8 cm³/mol. The maximum Gasteiger partial charge on any atom is 0.158 e. The molecule has 0 amide bonds. The van der Waals surface area contributed by atoms with Crippen molar-refractivity contribution in [3.8, 4) is 0 Å². The van der Waals surface area contributed by atoms with Crippen molar-refractivity contribution in [1.29, 1.82) is 0 Å². The maximum absolute atomic E-state index is 10.9. The molecule has 0 radical (unpaired) electrons. The quantitative estimate of drug-likeness (QED) is 0.726. The average molecular weight is 188 g/mol. The van der Waals surface area contributed by atoms with Crippen molar-refractivity contribution in [3.63, 3.8) is 0 Å². The fourth-order valence-corrected chi connectivity index (χ4v) is 1.44. The lowest BCUT2D eigenvalue weighted by Crippen LogP contribution is -2.08. The number of ether oxygens (including phenoxy) is 1. The number of carbonyl (C=O) groups excluding carboxylic acids is 1. The average Bonchev–Trinajstić information content (AvgIpc) is 2.63. The van der Waals surface area contributed by atoms with Crippen LogP contribution in [-0.2, 0) is 16.1 Å². The van der Waals surface area contributed by atoms with Gasteiger partial charge in [-0.1, -0.05) is 36.4 Å². The lowest BCUT2D eigenvalue weighted by Gasteiger charge is -2.08. The van der Waals surface area contributed by atoms with Gasteiger partial charge in [0.1, 0.15) is 0 Å². The standard InChI is InChI=1S/C12H12O2/c13-11-6-7-12(8-11)14-9-10-4-2-1-3-5-10/h1-7,12H,8-9H2/t12-/m0/s1. The minimum atomic E-state index is -0.0253. The third-order valence-corrected chi connectivity index (χ3v) is 2.21.